The highest BCUT2D eigenvalue weighted by Crippen LogP contribution is 2.33. The SMILES string of the molecule is Cc1ccc(C)c(OCC(O)C2CC2)c1. The van der Waals surface area contributed by atoms with Gasteiger partial charge < -0.3 is 9.84 Å². The minimum Gasteiger partial charge on any atom is -0.491 e. The zero-order valence-corrected chi connectivity index (χ0v) is 9.36. The van der Waals surface area contributed by atoms with E-state index in [1.807, 2.05) is 26.0 Å². The van der Waals surface area contributed by atoms with Crippen molar-refractivity contribution in [2.24, 2.45) is 5.92 Å². The van der Waals surface area contributed by atoms with Gasteiger partial charge in [-0.25, -0.2) is 0 Å². The number of aliphatic hydroxyl groups is 1. The second-order valence-electron chi connectivity index (χ2n) is 4.48. The molecule has 82 valence electrons. The number of ether oxygens (including phenoxy) is 1. The zero-order chi connectivity index (χ0) is 10.8. The lowest BCUT2D eigenvalue weighted by molar-refractivity contribution is 0.0891. The van der Waals surface area contributed by atoms with Gasteiger partial charge >= 0.3 is 0 Å². The Balaban J connectivity index is 1.94. The minimum absolute atomic E-state index is 0.287. The van der Waals surface area contributed by atoms with Crippen LogP contribution in [-0.4, -0.2) is 17.8 Å². The fraction of sp³-hybridized carbons (Fsp3) is 0.538. The van der Waals surface area contributed by atoms with Gasteiger partial charge in [0.25, 0.3) is 0 Å². The van der Waals surface area contributed by atoms with Crippen molar-refractivity contribution >= 4 is 0 Å². The molecule has 1 aliphatic rings. The monoisotopic (exact) mass is 206 g/mol. The van der Waals surface area contributed by atoms with E-state index in [4.69, 9.17) is 4.74 Å². The molecule has 1 aliphatic carbocycles. The first-order valence-corrected chi connectivity index (χ1v) is 5.55. The minimum atomic E-state index is -0.287. The molecular formula is C13H18O2. The van der Waals surface area contributed by atoms with Crippen LogP contribution in [0.1, 0.15) is 24.0 Å². The van der Waals surface area contributed by atoms with Crippen molar-refractivity contribution in [2.45, 2.75) is 32.8 Å². The first-order chi connectivity index (χ1) is 7.16. The van der Waals surface area contributed by atoms with Crippen molar-refractivity contribution in [1.82, 2.24) is 0 Å². The largest absolute Gasteiger partial charge is 0.491 e. The smallest absolute Gasteiger partial charge is 0.122 e. The first kappa shape index (κ1) is 10.5. The number of rotatable bonds is 4. The van der Waals surface area contributed by atoms with E-state index in [0.29, 0.717) is 12.5 Å². The predicted molar refractivity (Wildman–Crippen MR) is 60.1 cm³/mol. The Morgan fingerprint density at radius 2 is 2.13 bits per heavy atom. The van der Waals surface area contributed by atoms with E-state index in [1.165, 1.54) is 5.56 Å². The molecule has 1 N–H and O–H groups in total. The average molecular weight is 206 g/mol. The number of aryl methyl sites for hydroxylation is 2. The summed E-state index contributed by atoms with van der Waals surface area (Å²) in [6.45, 7) is 4.50. The lowest BCUT2D eigenvalue weighted by Crippen LogP contribution is -2.19. The maximum Gasteiger partial charge on any atom is 0.122 e. The van der Waals surface area contributed by atoms with Crippen molar-refractivity contribution in [3.05, 3.63) is 29.3 Å². The summed E-state index contributed by atoms with van der Waals surface area (Å²) in [5.41, 5.74) is 2.32. The van der Waals surface area contributed by atoms with Gasteiger partial charge in [0.1, 0.15) is 12.4 Å². The van der Waals surface area contributed by atoms with Gasteiger partial charge in [-0.3, -0.25) is 0 Å². The molecule has 1 unspecified atom stereocenters. The Labute approximate surface area is 90.9 Å². The van der Waals surface area contributed by atoms with Gasteiger partial charge in [-0.15, -0.1) is 0 Å². The summed E-state index contributed by atoms with van der Waals surface area (Å²) in [5, 5.41) is 9.69. The summed E-state index contributed by atoms with van der Waals surface area (Å²) in [6.07, 6.45) is 2.01. The highest BCUT2D eigenvalue weighted by Gasteiger charge is 2.30. The fourth-order valence-corrected chi connectivity index (χ4v) is 1.66. The number of benzene rings is 1. The van der Waals surface area contributed by atoms with E-state index in [-0.39, 0.29) is 6.10 Å². The molecule has 1 atom stereocenters. The van der Waals surface area contributed by atoms with E-state index in [9.17, 15) is 5.11 Å². The molecule has 1 fully saturated rings. The zero-order valence-electron chi connectivity index (χ0n) is 9.36. The third kappa shape index (κ3) is 2.72. The van der Waals surface area contributed by atoms with Gasteiger partial charge in [0, 0.05) is 0 Å². The van der Waals surface area contributed by atoms with Crippen molar-refractivity contribution in [3.63, 3.8) is 0 Å². The molecule has 0 radical (unpaired) electrons. The van der Waals surface area contributed by atoms with Crippen molar-refractivity contribution in [3.8, 4) is 5.75 Å². The summed E-state index contributed by atoms with van der Waals surface area (Å²) in [7, 11) is 0. The Hall–Kier alpha value is -1.02. The normalized spacial score (nSPS) is 17.5. The van der Waals surface area contributed by atoms with Crippen LogP contribution in [0.25, 0.3) is 0 Å². The molecule has 1 saturated carbocycles. The molecule has 2 nitrogen and oxygen atoms in total. The highest BCUT2D eigenvalue weighted by molar-refractivity contribution is 5.35. The maximum atomic E-state index is 9.69. The van der Waals surface area contributed by atoms with Gasteiger partial charge in [-0.05, 0) is 49.8 Å². The van der Waals surface area contributed by atoms with Crippen LogP contribution in [0.5, 0.6) is 5.75 Å². The lowest BCUT2D eigenvalue weighted by Gasteiger charge is -2.13. The molecule has 0 amide bonds. The molecule has 0 saturated heterocycles. The lowest BCUT2D eigenvalue weighted by atomic mass is 10.1. The van der Waals surface area contributed by atoms with Crippen LogP contribution in [0.4, 0.5) is 0 Å². The third-order valence-electron chi connectivity index (χ3n) is 2.92. The molecule has 2 rings (SSSR count). The summed E-state index contributed by atoms with van der Waals surface area (Å²) >= 11 is 0. The van der Waals surface area contributed by atoms with E-state index in [0.717, 1.165) is 24.2 Å². The van der Waals surface area contributed by atoms with Gasteiger partial charge in [-0.2, -0.15) is 0 Å². The van der Waals surface area contributed by atoms with E-state index in [2.05, 4.69) is 6.07 Å². The topological polar surface area (TPSA) is 29.5 Å². The molecular weight excluding hydrogens is 188 g/mol. The van der Waals surface area contributed by atoms with Crippen LogP contribution in [0, 0.1) is 19.8 Å². The molecule has 1 aromatic rings. The summed E-state index contributed by atoms with van der Waals surface area (Å²) in [5.74, 6) is 1.38. The van der Waals surface area contributed by atoms with Crippen molar-refractivity contribution in [1.29, 1.82) is 0 Å². The van der Waals surface area contributed by atoms with Crippen molar-refractivity contribution in [2.75, 3.05) is 6.61 Å². The van der Waals surface area contributed by atoms with Gasteiger partial charge in [0.15, 0.2) is 0 Å². The van der Waals surface area contributed by atoms with Crippen LogP contribution in [-0.2, 0) is 0 Å². The van der Waals surface area contributed by atoms with Gasteiger partial charge in [-0.1, -0.05) is 12.1 Å². The van der Waals surface area contributed by atoms with Crippen LogP contribution in [0.15, 0.2) is 18.2 Å². The second kappa shape index (κ2) is 4.23. The molecule has 0 bridgehead atoms. The molecule has 0 aromatic heterocycles. The van der Waals surface area contributed by atoms with Crippen LogP contribution >= 0.6 is 0 Å². The molecule has 1 aromatic carbocycles. The highest BCUT2D eigenvalue weighted by atomic mass is 16.5. The number of hydrogen-bond donors (Lipinski definition) is 1. The molecule has 0 aliphatic heterocycles. The van der Waals surface area contributed by atoms with Crippen LogP contribution in [0.3, 0.4) is 0 Å². The Morgan fingerprint density at radius 3 is 2.80 bits per heavy atom. The quantitative estimate of drug-likeness (QED) is 0.820. The van der Waals surface area contributed by atoms with Crippen LogP contribution in [0.2, 0.25) is 0 Å². The molecule has 0 heterocycles. The Kier molecular flexibility index (Phi) is 2.96. The van der Waals surface area contributed by atoms with E-state index >= 15 is 0 Å². The Morgan fingerprint density at radius 1 is 1.40 bits per heavy atom. The third-order valence-corrected chi connectivity index (χ3v) is 2.92. The van der Waals surface area contributed by atoms with Crippen molar-refractivity contribution < 1.29 is 9.84 Å². The molecule has 2 heteroatoms. The maximum absolute atomic E-state index is 9.69. The fourth-order valence-electron chi connectivity index (χ4n) is 1.66. The number of aliphatic hydroxyl groups excluding tert-OH is 1. The Bertz CT molecular complexity index is 342. The predicted octanol–water partition coefficient (Wildman–Crippen LogP) is 2.45. The molecule has 15 heavy (non-hydrogen) atoms. The summed E-state index contributed by atoms with van der Waals surface area (Å²) in [4.78, 5) is 0. The van der Waals surface area contributed by atoms with Gasteiger partial charge in [0.05, 0.1) is 6.10 Å². The number of hydrogen-bond acceptors (Lipinski definition) is 2. The first-order valence-electron chi connectivity index (χ1n) is 5.55. The summed E-state index contributed by atoms with van der Waals surface area (Å²) < 4.78 is 5.63. The standard InChI is InChI=1S/C13H18O2/c1-9-3-4-10(2)13(7-9)15-8-12(14)11-5-6-11/h3-4,7,11-12,14H,5-6,8H2,1-2H3. The summed E-state index contributed by atoms with van der Waals surface area (Å²) in [6, 6.07) is 6.14. The van der Waals surface area contributed by atoms with E-state index < -0.39 is 0 Å². The van der Waals surface area contributed by atoms with Gasteiger partial charge in [0.2, 0.25) is 0 Å². The second-order valence-corrected chi connectivity index (χ2v) is 4.48. The van der Waals surface area contributed by atoms with Crippen LogP contribution < -0.4 is 4.74 Å². The molecule has 0 spiro atoms. The van der Waals surface area contributed by atoms with E-state index in [1.54, 1.807) is 0 Å². The average Bonchev–Trinajstić information content (AvgIpc) is 3.02.